The van der Waals surface area contributed by atoms with E-state index in [1.54, 1.807) is 36.4 Å². The van der Waals surface area contributed by atoms with Crippen molar-refractivity contribution in [3.05, 3.63) is 52.5 Å². The Balaban J connectivity index is 1.38. The predicted molar refractivity (Wildman–Crippen MR) is 111 cm³/mol. The predicted octanol–water partition coefficient (Wildman–Crippen LogP) is 2.35. The van der Waals surface area contributed by atoms with Gasteiger partial charge in [-0.2, -0.15) is 0 Å². The topological polar surface area (TPSA) is 106 Å². The highest BCUT2D eigenvalue weighted by molar-refractivity contribution is 6.30. The summed E-state index contributed by atoms with van der Waals surface area (Å²) in [4.78, 5) is 38.5. The van der Waals surface area contributed by atoms with E-state index in [1.807, 2.05) is 0 Å². The summed E-state index contributed by atoms with van der Waals surface area (Å²) in [5.41, 5.74) is 1.91. The number of methoxy groups -OCH3 is 1. The lowest BCUT2D eigenvalue weighted by Crippen LogP contribution is -2.36. The first-order valence-electron chi connectivity index (χ1n) is 9.53. The summed E-state index contributed by atoms with van der Waals surface area (Å²) in [5, 5.41) is 5.81. The standard InChI is InChI=1S/C21H20ClN3O6/c1-29-16-4-2-15(3-5-16)25-20(27)17(24-21(25)28)8-18(26)23-9-12-6-14(22)7-13-10-30-11-31-19(12)13/h2-7,17H,8-11H2,1H3,(H,23,26)(H,24,28). The van der Waals surface area contributed by atoms with Crippen LogP contribution in [-0.4, -0.2) is 37.8 Å². The van der Waals surface area contributed by atoms with E-state index in [0.717, 1.165) is 10.5 Å². The smallest absolute Gasteiger partial charge is 0.329 e. The van der Waals surface area contributed by atoms with E-state index >= 15 is 0 Å². The number of amides is 4. The molecule has 2 aliphatic heterocycles. The lowest BCUT2D eigenvalue weighted by molar-refractivity contribution is -0.125. The fourth-order valence-electron chi connectivity index (χ4n) is 3.48. The van der Waals surface area contributed by atoms with Crippen LogP contribution in [0.15, 0.2) is 36.4 Å². The van der Waals surface area contributed by atoms with Gasteiger partial charge in [0.25, 0.3) is 5.91 Å². The van der Waals surface area contributed by atoms with Gasteiger partial charge in [0.05, 0.1) is 25.8 Å². The van der Waals surface area contributed by atoms with E-state index in [2.05, 4.69) is 10.6 Å². The van der Waals surface area contributed by atoms with E-state index < -0.39 is 23.9 Å². The Morgan fingerprint density at radius 2 is 2.06 bits per heavy atom. The lowest BCUT2D eigenvalue weighted by Gasteiger charge is -2.21. The highest BCUT2D eigenvalue weighted by atomic mass is 35.5. The second kappa shape index (κ2) is 8.83. The normalized spacial score (nSPS) is 17.6. The first-order chi connectivity index (χ1) is 15.0. The molecule has 2 aliphatic rings. The summed E-state index contributed by atoms with van der Waals surface area (Å²) in [6.07, 6.45) is -0.191. The largest absolute Gasteiger partial charge is 0.497 e. The molecule has 4 amide bonds. The molecule has 0 saturated carbocycles. The maximum absolute atomic E-state index is 12.7. The quantitative estimate of drug-likeness (QED) is 0.661. The van der Waals surface area contributed by atoms with Crippen molar-refractivity contribution in [2.45, 2.75) is 25.6 Å². The van der Waals surface area contributed by atoms with Gasteiger partial charge in [0.2, 0.25) is 5.91 Å². The molecule has 2 N–H and O–H groups in total. The number of halogens is 1. The summed E-state index contributed by atoms with van der Waals surface area (Å²) in [7, 11) is 1.52. The van der Waals surface area contributed by atoms with Crippen molar-refractivity contribution >= 4 is 35.1 Å². The zero-order chi connectivity index (χ0) is 22.0. The Bertz CT molecular complexity index is 1030. The Hall–Kier alpha value is -3.30. The van der Waals surface area contributed by atoms with Gasteiger partial charge in [0, 0.05) is 22.7 Å². The van der Waals surface area contributed by atoms with E-state index in [9.17, 15) is 14.4 Å². The molecule has 31 heavy (non-hydrogen) atoms. The molecule has 4 rings (SSSR count). The van der Waals surface area contributed by atoms with Gasteiger partial charge in [-0.25, -0.2) is 9.69 Å². The van der Waals surface area contributed by atoms with Crippen molar-refractivity contribution in [1.29, 1.82) is 0 Å². The molecule has 0 radical (unpaired) electrons. The maximum Gasteiger partial charge on any atom is 0.329 e. The van der Waals surface area contributed by atoms with E-state index in [1.165, 1.54) is 7.11 Å². The molecule has 2 aromatic rings. The number of nitrogens with zero attached hydrogens (tertiary/aromatic N) is 1. The average molecular weight is 446 g/mol. The second-order valence-corrected chi connectivity index (χ2v) is 7.45. The van der Waals surface area contributed by atoms with Gasteiger partial charge in [0.1, 0.15) is 17.5 Å². The first kappa shape index (κ1) is 21.0. The lowest BCUT2D eigenvalue weighted by atomic mass is 10.1. The molecule has 10 heteroatoms. The number of fused-ring (bicyclic) bond motifs is 1. The van der Waals surface area contributed by atoms with E-state index in [4.69, 9.17) is 25.8 Å². The fourth-order valence-corrected chi connectivity index (χ4v) is 3.75. The SMILES string of the molecule is COc1ccc(N2C(=O)NC(CC(=O)NCc3cc(Cl)cc4c3OCOC4)C2=O)cc1. The molecule has 1 saturated heterocycles. The van der Waals surface area contributed by atoms with Gasteiger partial charge in [0.15, 0.2) is 6.79 Å². The number of benzene rings is 2. The molecule has 1 fully saturated rings. The number of nitrogens with one attached hydrogen (secondary N) is 2. The molecule has 0 spiro atoms. The van der Waals surface area contributed by atoms with Crippen molar-refractivity contribution in [2.75, 3.05) is 18.8 Å². The first-order valence-corrected chi connectivity index (χ1v) is 9.91. The van der Waals surface area contributed by atoms with Crippen LogP contribution in [0.1, 0.15) is 17.5 Å². The van der Waals surface area contributed by atoms with Gasteiger partial charge < -0.3 is 24.8 Å². The van der Waals surface area contributed by atoms with E-state index in [-0.39, 0.29) is 19.8 Å². The molecule has 0 aromatic heterocycles. The summed E-state index contributed by atoms with van der Waals surface area (Å²) >= 11 is 6.13. The van der Waals surface area contributed by atoms with Crippen molar-refractivity contribution in [1.82, 2.24) is 10.6 Å². The molecule has 2 heterocycles. The van der Waals surface area contributed by atoms with Crippen molar-refractivity contribution in [3.8, 4) is 11.5 Å². The van der Waals surface area contributed by atoms with Crippen LogP contribution < -0.4 is 25.0 Å². The van der Waals surface area contributed by atoms with Crippen molar-refractivity contribution in [2.24, 2.45) is 0 Å². The van der Waals surface area contributed by atoms with Gasteiger partial charge >= 0.3 is 6.03 Å². The minimum atomic E-state index is -0.951. The molecular formula is C21H20ClN3O6. The molecule has 2 aromatic carbocycles. The molecule has 1 unspecified atom stereocenters. The molecule has 1 atom stereocenters. The molecular weight excluding hydrogens is 426 g/mol. The maximum atomic E-state index is 12.7. The number of hydrogen-bond donors (Lipinski definition) is 2. The van der Waals surface area contributed by atoms with Crippen LogP contribution in [0.3, 0.4) is 0 Å². The molecule has 162 valence electrons. The van der Waals surface area contributed by atoms with Gasteiger partial charge in [-0.3, -0.25) is 9.59 Å². The highest BCUT2D eigenvalue weighted by Crippen LogP contribution is 2.31. The third-order valence-corrected chi connectivity index (χ3v) is 5.19. The summed E-state index contributed by atoms with van der Waals surface area (Å²) in [5.74, 6) is 0.347. The third-order valence-electron chi connectivity index (χ3n) is 4.97. The van der Waals surface area contributed by atoms with Crippen LogP contribution in [0.25, 0.3) is 0 Å². The van der Waals surface area contributed by atoms with Crippen LogP contribution in [-0.2, 0) is 27.5 Å². The minimum absolute atomic E-state index is 0.124. The van der Waals surface area contributed by atoms with Crippen LogP contribution in [0, 0.1) is 0 Å². The highest BCUT2D eigenvalue weighted by Gasteiger charge is 2.40. The van der Waals surface area contributed by atoms with Crippen LogP contribution >= 0.6 is 11.6 Å². The Labute approximate surface area is 183 Å². The summed E-state index contributed by atoms with van der Waals surface area (Å²) < 4.78 is 15.9. The Morgan fingerprint density at radius 3 is 2.81 bits per heavy atom. The van der Waals surface area contributed by atoms with Gasteiger partial charge in [-0.15, -0.1) is 0 Å². The number of hydrogen-bond acceptors (Lipinski definition) is 6. The van der Waals surface area contributed by atoms with E-state index in [0.29, 0.717) is 34.4 Å². The number of ether oxygens (including phenoxy) is 3. The number of imide groups is 1. The monoisotopic (exact) mass is 445 g/mol. The van der Waals surface area contributed by atoms with Gasteiger partial charge in [-0.05, 0) is 36.4 Å². The molecule has 0 aliphatic carbocycles. The fraction of sp³-hybridized carbons (Fsp3) is 0.286. The Morgan fingerprint density at radius 1 is 1.29 bits per heavy atom. The minimum Gasteiger partial charge on any atom is -0.497 e. The zero-order valence-corrected chi connectivity index (χ0v) is 17.4. The van der Waals surface area contributed by atoms with Crippen molar-refractivity contribution in [3.63, 3.8) is 0 Å². The second-order valence-electron chi connectivity index (χ2n) is 7.02. The van der Waals surface area contributed by atoms with Crippen LogP contribution in [0.5, 0.6) is 11.5 Å². The van der Waals surface area contributed by atoms with Crippen LogP contribution in [0.2, 0.25) is 5.02 Å². The van der Waals surface area contributed by atoms with Crippen LogP contribution in [0.4, 0.5) is 10.5 Å². The number of anilines is 1. The Kier molecular flexibility index (Phi) is 5.97. The number of carbonyl (C=O) groups is 3. The third kappa shape index (κ3) is 4.42. The van der Waals surface area contributed by atoms with Crippen molar-refractivity contribution < 1.29 is 28.6 Å². The molecule has 9 nitrogen and oxygen atoms in total. The molecule has 0 bridgehead atoms. The zero-order valence-electron chi connectivity index (χ0n) is 16.6. The summed E-state index contributed by atoms with van der Waals surface area (Å²) in [6.45, 7) is 0.665. The van der Waals surface area contributed by atoms with Gasteiger partial charge in [-0.1, -0.05) is 11.6 Å². The number of urea groups is 1. The number of rotatable bonds is 6. The summed E-state index contributed by atoms with van der Waals surface area (Å²) in [6, 6.07) is 8.43. The number of carbonyl (C=O) groups excluding carboxylic acids is 3. The average Bonchev–Trinajstić information content (AvgIpc) is 3.04.